The molecule has 1 atom stereocenters. The average molecular weight is 347 g/mol. The number of carbonyl (C=O) groups excluding carboxylic acids is 2. The zero-order valence-corrected chi connectivity index (χ0v) is 15.2. The third kappa shape index (κ3) is 3.92. The first-order valence-electron chi connectivity index (χ1n) is 8.52. The van der Waals surface area contributed by atoms with Crippen LogP contribution in [0.4, 0.5) is 0 Å². The third-order valence-corrected chi connectivity index (χ3v) is 4.37. The first-order chi connectivity index (χ1) is 11.7. The van der Waals surface area contributed by atoms with Crippen molar-refractivity contribution < 1.29 is 23.8 Å². The van der Waals surface area contributed by atoms with Crippen LogP contribution in [0.1, 0.15) is 48.4 Å². The Morgan fingerprint density at radius 1 is 1.08 bits per heavy atom. The van der Waals surface area contributed by atoms with Crippen LogP contribution in [-0.4, -0.2) is 60.4 Å². The van der Waals surface area contributed by atoms with Gasteiger partial charge in [-0.15, -0.1) is 0 Å². The van der Waals surface area contributed by atoms with Crippen molar-refractivity contribution in [3.8, 4) is 0 Å². The van der Waals surface area contributed by atoms with E-state index in [4.69, 9.17) is 14.2 Å². The maximum atomic E-state index is 12.6. The highest BCUT2D eigenvalue weighted by molar-refractivity contribution is 6.21. The zero-order chi connectivity index (χ0) is 18.2. The molecule has 2 aliphatic rings. The van der Waals surface area contributed by atoms with E-state index in [0.29, 0.717) is 24.3 Å². The maximum Gasteiger partial charge on any atom is 0.262 e. The Morgan fingerprint density at radius 3 is 2.16 bits per heavy atom. The Kier molecular flexibility index (Phi) is 4.70. The fraction of sp³-hybridized carbons (Fsp3) is 0.579. The smallest absolute Gasteiger partial charge is 0.262 e. The predicted molar refractivity (Wildman–Crippen MR) is 91.6 cm³/mol. The molecule has 1 saturated heterocycles. The lowest BCUT2D eigenvalue weighted by Gasteiger charge is -2.37. The van der Waals surface area contributed by atoms with Gasteiger partial charge in [0.1, 0.15) is 6.10 Å². The molecule has 1 unspecified atom stereocenters. The maximum absolute atomic E-state index is 12.6. The van der Waals surface area contributed by atoms with Gasteiger partial charge in [0.2, 0.25) is 0 Å². The van der Waals surface area contributed by atoms with Crippen LogP contribution >= 0.6 is 0 Å². The van der Waals surface area contributed by atoms with Crippen LogP contribution in [0.2, 0.25) is 0 Å². The van der Waals surface area contributed by atoms with Gasteiger partial charge in [0.25, 0.3) is 11.8 Å². The average Bonchev–Trinajstić information content (AvgIpc) is 3.33. The number of rotatable bonds is 8. The molecule has 0 bridgehead atoms. The minimum atomic E-state index is -0.760. The van der Waals surface area contributed by atoms with Gasteiger partial charge < -0.3 is 14.2 Å². The van der Waals surface area contributed by atoms with Crippen molar-refractivity contribution in [1.29, 1.82) is 0 Å². The Hall–Kier alpha value is -1.76. The molecule has 0 radical (unpaired) electrons. The molecule has 1 fully saturated rings. The molecule has 2 amide bonds. The van der Waals surface area contributed by atoms with Gasteiger partial charge in [-0.1, -0.05) is 12.1 Å². The molecule has 0 spiro atoms. The summed E-state index contributed by atoms with van der Waals surface area (Å²) < 4.78 is 16.7. The molecule has 2 heterocycles. The number of amides is 2. The van der Waals surface area contributed by atoms with Crippen LogP contribution in [-0.2, 0) is 14.2 Å². The molecule has 1 aromatic carbocycles. The lowest BCUT2D eigenvalue weighted by molar-refractivity contribution is -0.0996. The van der Waals surface area contributed by atoms with E-state index in [9.17, 15) is 9.59 Å². The van der Waals surface area contributed by atoms with Crippen molar-refractivity contribution >= 4 is 11.8 Å². The number of nitrogens with zero attached hydrogens (tertiary/aromatic N) is 1. The normalized spacial score (nSPS) is 20.2. The fourth-order valence-electron chi connectivity index (χ4n) is 2.82. The third-order valence-electron chi connectivity index (χ3n) is 4.37. The largest absolute Gasteiger partial charge is 0.376 e. The van der Waals surface area contributed by atoms with Gasteiger partial charge in [0.15, 0.2) is 0 Å². The number of carbonyl (C=O) groups is 2. The molecule has 1 aromatic rings. The lowest BCUT2D eigenvalue weighted by Crippen LogP contribution is -2.52. The van der Waals surface area contributed by atoms with Crippen molar-refractivity contribution in [1.82, 2.24) is 4.90 Å². The van der Waals surface area contributed by atoms with E-state index in [-0.39, 0.29) is 24.5 Å². The molecule has 0 aromatic heterocycles. The standard InChI is InChI=1S/C19H25NO5/c1-18(2,11-25-19(3,4)12-23-9-13-10-24-13)20-16(21)14-7-5-6-8-15(14)17(20)22/h5-8,13H,9-12H2,1-4H3. The van der Waals surface area contributed by atoms with E-state index in [1.807, 2.05) is 27.7 Å². The van der Waals surface area contributed by atoms with Gasteiger partial charge in [-0.05, 0) is 39.8 Å². The first-order valence-corrected chi connectivity index (χ1v) is 8.52. The van der Waals surface area contributed by atoms with Gasteiger partial charge in [-0.2, -0.15) is 0 Å². The summed E-state index contributed by atoms with van der Waals surface area (Å²) in [6.45, 7) is 9.51. The highest BCUT2D eigenvalue weighted by Gasteiger charge is 2.44. The highest BCUT2D eigenvalue weighted by Crippen LogP contribution is 2.30. The second-order valence-electron chi connectivity index (χ2n) is 7.82. The minimum absolute atomic E-state index is 0.214. The number of ether oxygens (including phenoxy) is 3. The quantitative estimate of drug-likeness (QED) is 0.533. The predicted octanol–water partition coefficient (Wildman–Crippen LogP) is 2.27. The first kappa shape index (κ1) is 18.0. The SMILES string of the molecule is CC(C)(COCC1CO1)OCC(C)(C)N1C(=O)c2ccccc2C1=O. The Balaban J connectivity index is 1.61. The van der Waals surface area contributed by atoms with E-state index < -0.39 is 11.1 Å². The van der Waals surface area contributed by atoms with E-state index >= 15 is 0 Å². The zero-order valence-electron chi connectivity index (χ0n) is 15.2. The van der Waals surface area contributed by atoms with Crippen molar-refractivity contribution in [2.24, 2.45) is 0 Å². The molecule has 0 aliphatic carbocycles. The van der Waals surface area contributed by atoms with Crippen LogP contribution in [0, 0.1) is 0 Å². The number of hydrogen-bond donors (Lipinski definition) is 0. The molecule has 6 heteroatoms. The number of hydrogen-bond acceptors (Lipinski definition) is 5. The van der Waals surface area contributed by atoms with E-state index in [2.05, 4.69) is 0 Å². The molecule has 2 aliphatic heterocycles. The summed E-state index contributed by atoms with van der Waals surface area (Å²) in [6.07, 6.45) is 0.214. The molecule has 25 heavy (non-hydrogen) atoms. The topological polar surface area (TPSA) is 68.4 Å². The van der Waals surface area contributed by atoms with Gasteiger partial charge in [-0.3, -0.25) is 14.5 Å². The van der Waals surface area contributed by atoms with Crippen molar-refractivity contribution in [3.63, 3.8) is 0 Å². The van der Waals surface area contributed by atoms with E-state index in [1.165, 1.54) is 4.90 Å². The summed E-state index contributed by atoms with van der Waals surface area (Å²) >= 11 is 0. The Bertz CT molecular complexity index is 643. The van der Waals surface area contributed by atoms with Crippen molar-refractivity contribution in [2.75, 3.05) is 26.4 Å². The van der Waals surface area contributed by atoms with Crippen molar-refractivity contribution in [3.05, 3.63) is 35.4 Å². The molecular weight excluding hydrogens is 322 g/mol. The van der Waals surface area contributed by atoms with Crippen molar-refractivity contribution in [2.45, 2.75) is 44.9 Å². The van der Waals surface area contributed by atoms with Gasteiger partial charge in [0, 0.05) is 0 Å². The fourth-order valence-corrected chi connectivity index (χ4v) is 2.82. The number of benzene rings is 1. The van der Waals surface area contributed by atoms with Crippen LogP contribution in [0.25, 0.3) is 0 Å². The summed E-state index contributed by atoms with van der Waals surface area (Å²) in [5.74, 6) is -0.539. The number of imide groups is 1. The number of epoxide rings is 1. The summed E-state index contributed by atoms with van der Waals surface area (Å²) in [6, 6.07) is 6.90. The monoisotopic (exact) mass is 347 g/mol. The van der Waals surface area contributed by atoms with Gasteiger partial charge in [-0.25, -0.2) is 0 Å². The second-order valence-corrected chi connectivity index (χ2v) is 7.82. The van der Waals surface area contributed by atoms with E-state index in [0.717, 1.165) is 6.61 Å². The van der Waals surface area contributed by atoms with E-state index in [1.54, 1.807) is 24.3 Å². The summed E-state index contributed by atoms with van der Waals surface area (Å²) in [7, 11) is 0. The molecule has 6 nitrogen and oxygen atoms in total. The van der Waals surface area contributed by atoms with Crippen LogP contribution in [0.5, 0.6) is 0 Å². The lowest BCUT2D eigenvalue weighted by atomic mass is 10.0. The molecule has 136 valence electrons. The second kappa shape index (κ2) is 6.52. The molecular formula is C19H25NO5. The van der Waals surface area contributed by atoms with Gasteiger partial charge in [0.05, 0.1) is 48.7 Å². The van der Waals surface area contributed by atoms with Crippen LogP contribution < -0.4 is 0 Å². The van der Waals surface area contributed by atoms with Crippen LogP contribution in [0.3, 0.4) is 0 Å². The Morgan fingerprint density at radius 2 is 1.64 bits per heavy atom. The van der Waals surface area contributed by atoms with Crippen LogP contribution in [0.15, 0.2) is 24.3 Å². The highest BCUT2D eigenvalue weighted by atomic mass is 16.6. The molecule has 3 rings (SSSR count). The summed E-state index contributed by atoms with van der Waals surface area (Å²) in [5.41, 5.74) is -0.380. The summed E-state index contributed by atoms with van der Waals surface area (Å²) in [5, 5.41) is 0. The molecule has 0 N–H and O–H groups in total. The molecule has 0 saturated carbocycles. The summed E-state index contributed by atoms with van der Waals surface area (Å²) in [4.78, 5) is 26.6. The Labute approximate surface area is 148 Å². The van der Waals surface area contributed by atoms with Gasteiger partial charge >= 0.3 is 0 Å². The minimum Gasteiger partial charge on any atom is -0.376 e. The number of fused-ring (bicyclic) bond motifs is 1.